The topological polar surface area (TPSA) is 48.7 Å². The second-order valence-corrected chi connectivity index (χ2v) is 5.19. The van der Waals surface area contributed by atoms with E-state index in [1.54, 1.807) is 12.4 Å². The zero-order chi connectivity index (χ0) is 11.9. The smallest absolute Gasteiger partial charge is 0.0873 e. The van der Waals surface area contributed by atoms with Crippen molar-refractivity contribution in [1.82, 2.24) is 10.3 Å². The van der Waals surface area contributed by atoms with Gasteiger partial charge in [-0.15, -0.1) is 0 Å². The van der Waals surface area contributed by atoms with Crippen molar-refractivity contribution in [2.45, 2.75) is 30.3 Å². The minimum atomic E-state index is -0.456. The lowest BCUT2D eigenvalue weighted by Gasteiger charge is -2.36. The van der Waals surface area contributed by atoms with Gasteiger partial charge >= 0.3 is 0 Å². The molecule has 0 aliphatic carbocycles. The molecule has 2 atom stereocenters. The number of halogens is 1. The first-order valence-corrected chi connectivity index (χ1v) is 6.06. The molecule has 3 rings (SSSR count). The second-order valence-electron chi connectivity index (χ2n) is 4.76. The number of nitrogens with zero attached hydrogens (tertiary/aromatic N) is 2. The normalized spacial score (nSPS) is 34.6. The summed E-state index contributed by atoms with van der Waals surface area (Å²) in [4.78, 5) is 4.10. The van der Waals surface area contributed by atoms with E-state index in [1.807, 2.05) is 6.07 Å². The van der Waals surface area contributed by atoms with Gasteiger partial charge < -0.3 is 5.32 Å². The number of pyridine rings is 1. The summed E-state index contributed by atoms with van der Waals surface area (Å²) in [7, 11) is 0. The van der Waals surface area contributed by atoms with Gasteiger partial charge in [-0.05, 0) is 24.5 Å². The predicted octanol–water partition coefficient (Wildman–Crippen LogP) is 2.19. The molecule has 2 aliphatic heterocycles. The molecular weight excluding hydrogens is 234 g/mol. The number of piperidine rings is 1. The first kappa shape index (κ1) is 10.8. The minimum Gasteiger partial charge on any atom is -0.304 e. The first-order valence-electron chi connectivity index (χ1n) is 5.68. The number of fused-ring (bicyclic) bond motifs is 2. The van der Waals surface area contributed by atoms with Gasteiger partial charge in [0.2, 0.25) is 0 Å². The van der Waals surface area contributed by atoms with Crippen molar-refractivity contribution in [2.24, 2.45) is 0 Å². The molecular formula is C13H12ClN3. The van der Waals surface area contributed by atoms with Crippen molar-refractivity contribution in [1.29, 1.82) is 5.26 Å². The molecule has 2 unspecified atom stereocenters. The summed E-state index contributed by atoms with van der Waals surface area (Å²) in [6, 6.07) is 4.94. The highest BCUT2D eigenvalue weighted by Crippen LogP contribution is 2.40. The van der Waals surface area contributed by atoms with Gasteiger partial charge in [-0.2, -0.15) is 5.26 Å². The number of hydrogen-bond acceptors (Lipinski definition) is 3. The van der Waals surface area contributed by atoms with Crippen molar-refractivity contribution in [3.8, 4) is 6.07 Å². The van der Waals surface area contributed by atoms with Crippen LogP contribution in [0.4, 0.5) is 0 Å². The van der Waals surface area contributed by atoms with Crippen molar-refractivity contribution in [3.05, 3.63) is 41.2 Å². The molecule has 1 fully saturated rings. The average molecular weight is 246 g/mol. The molecule has 1 aromatic heterocycles. The Balaban J connectivity index is 2.02. The van der Waals surface area contributed by atoms with E-state index in [2.05, 4.69) is 28.5 Å². The Bertz CT molecular complexity index is 504. The van der Waals surface area contributed by atoms with Crippen LogP contribution in [0.1, 0.15) is 18.4 Å². The molecule has 0 spiro atoms. The maximum Gasteiger partial charge on any atom is 0.0873 e. The lowest BCUT2D eigenvalue weighted by atomic mass is 9.72. The van der Waals surface area contributed by atoms with Crippen LogP contribution < -0.4 is 5.32 Å². The number of nitrogens with one attached hydrogen (secondary N) is 1. The summed E-state index contributed by atoms with van der Waals surface area (Å²) in [5.41, 5.74) is 0.481. The van der Waals surface area contributed by atoms with Gasteiger partial charge in [0, 0.05) is 24.5 Å². The van der Waals surface area contributed by atoms with Gasteiger partial charge in [-0.1, -0.05) is 23.8 Å². The van der Waals surface area contributed by atoms with E-state index < -0.39 is 5.41 Å². The molecule has 17 heavy (non-hydrogen) atoms. The van der Waals surface area contributed by atoms with Crippen molar-refractivity contribution in [3.63, 3.8) is 0 Å². The van der Waals surface area contributed by atoms with E-state index >= 15 is 0 Å². The maximum absolute atomic E-state index is 9.57. The Kier molecular flexibility index (Phi) is 2.43. The van der Waals surface area contributed by atoms with Crippen LogP contribution in [0.25, 0.3) is 0 Å². The van der Waals surface area contributed by atoms with Gasteiger partial charge in [0.15, 0.2) is 0 Å². The Morgan fingerprint density at radius 1 is 1.35 bits per heavy atom. The van der Waals surface area contributed by atoms with Crippen LogP contribution in [0.2, 0.25) is 5.02 Å². The van der Waals surface area contributed by atoms with Crippen LogP contribution >= 0.6 is 11.6 Å². The van der Waals surface area contributed by atoms with Gasteiger partial charge in [0.25, 0.3) is 0 Å². The van der Waals surface area contributed by atoms with Crippen LogP contribution in [0.5, 0.6) is 0 Å². The Morgan fingerprint density at radius 3 is 2.65 bits per heavy atom. The summed E-state index contributed by atoms with van der Waals surface area (Å²) >= 11 is 5.97. The van der Waals surface area contributed by atoms with Crippen molar-refractivity contribution in [2.75, 3.05) is 0 Å². The summed E-state index contributed by atoms with van der Waals surface area (Å²) in [5.74, 6) is 0. The molecule has 0 saturated carbocycles. The fourth-order valence-electron chi connectivity index (χ4n) is 2.81. The fraction of sp³-hybridized carbons (Fsp3) is 0.385. The molecule has 3 heterocycles. The highest BCUT2D eigenvalue weighted by molar-refractivity contribution is 6.30. The first-order chi connectivity index (χ1) is 8.22. The van der Waals surface area contributed by atoms with Gasteiger partial charge in [0.1, 0.15) is 0 Å². The third-order valence-corrected chi connectivity index (χ3v) is 3.82. The van der Waals surface area contributed by atoms with Crippen LogP contribution in [0.15, 0.2) is 30.6 Å². The molecule has 0 amide bonds. The molecule has 4 heteroatoms. The molecule has 0 radical (unpaired) electrons. The monoisotopic (exact) mass is 245 g/mol. The van der Waals surface area contributed by atoms with Crippen molar-refractivity contribution >= 4 is 11.6 Å². The van der Waals surface area contributed by atoms with E-state index in [-0.39, 0.29) is 0 Å². The highest BCUT2D eigenvalue weighted by Gasteiger charge is 2.43. The molecule has 2 aliphatic rings. The summed E-state index contributed by atoms with van der Waals surface area (Å²) in [6.07, 6.45) is 9.25. The van der Waals surface area contributed by atoms with Crippen LogP contribution in [-0.2, 0) is 5.41 Å². The Morgan fingerprint density at radius 2 is 2.06 bits per heavy atom. The Hall–Kier alpha value is -1.37. The third kappa shape index (κ3) is 1.74. The minimum absolute atomic E-state index is 0.299. The second kappa shape index (κ2) is 3.83. The SMILES string of the molecule is N#CC1(c2cncc(Cl)c2)CC2C=CC(C1)N2. The quantitative estimate of drug-likeness (QED) is 0.772. The number of rotatable bonds is 1. The number of aromatic nitrogens is 1. The lowest BCUT2D eigenvalue weighted by molar-refractivity contribution is 0.319. The van der Waals surface area contributed by atoms with E-state index in [0.29, 0.717) is 17.1 Å². The summed E-state index contributed by atoms with van der Waals surface area (Å²) in [5, 5.41) is 13.6. The predicted molar refractivity (Wildman–Crippen MR) is 65.6 cm³/mol. The number of hydrogen-bond donors (Lipinski definition) is 1. The molecule has 1 saturated heterocycles. The zero-order valence-electron chi connectivity index (χ0n) is 9.23. The zero-order valence-corrected chi connectivity index (χ0v) is 9.98. The molecule has 3 nitrogen and oxygen atoms in total. The lowest BCUT2D eigenvalue weighted by Crippen LogP contribution is -2.46. The third-order valence-electron chi connectivity index (χ3n) is 3.61. The van der Waals surface area contributed by atoms with Crippen LogP contribution in [0.3, 0.4) is 0 Å². The largest absolute Gasteiger partial charge is 0.304 e. The Labute approximate surface area is 105 Å². The van der Waals surface area contributed by atoms with E-state index in [4.69, 9.17) is 11.6 Å². The van der Waals surface area contributed by atoms with E-state index in [0.717, 1.165) is 18.4 Å². The average Bonchev–Trinajstić information content (AvgIpc) is 2.69. The van der Waals surface area contributed by atoms with Gasteiger partial charge in [-0.3, -0.25) is 4.98 Å². The van der Waals surface area contributed by atoms with E-state index in [9.17, 15) is 5.26 Å². The molecule has 86 valence electrons. The summed E-state index contributed by atoms with van der Waals surface area (Å²) < 4.78 is 0. The van der Waals surface area contributed by atoms with Crippen LogP contribution in [0, 0.1) is 11.3 Å². The van der Waals surface area contributed by atoms with Gasteiger partial charge in [-0.25, -0.2) is 0 Å². The van der Waals surface area contributed by atoms with Gasteiger partial charge in [0.05, 0.1) is 16.5 Å². The fourth-order valence-corrected chi connectivity index (χ4v) is 2.98. The maximum atomic E-state index is 9.57. The van der Waals surface area contributed by atoms with Crippen LogP contribution in [-0.4, -0.2) is 17.1 Å². The van der Waals surface area contributed by atoms with E-state index in [1.165, 1.54) is 0 Å². The molecule has 1 aromatic rings. The number of nitriles is 1. The summed E-state index contributed by atoms with van der Waals surface area (Å²) in [6.45, 7) is 0. The highest BCUT2D eigenvalue weighted by atomic mass is 35.5. The molecule has 2 bridgehead atoms. The molecule has 1 N–H and O–H groups in total. The molecule has 0 aromatic carbocycles. The van der Waals surface area contributed by atoms with Crippen molar-refractivity contribution < 1.29 is 0 Å². The standard InChI is InChI=1S/C13H12ClN3/c14-10-3-9(6-16-7-10)13(8-15)4-11-1-2-12(5-13)17-11/h1-3,6-7,11-12,17H,4-5H2.